The van der Waals surface area contributed by atoms with Gasteiger partial charge in [-0.1, -0.05) is 35.9 Å². The molecule has 0 aromatic heterocycles. The van der Waals surface area contributed by atoms with Crippen LogP contribution < -0.4 is 9.64 Å². The molecule has 9 heteroatoms. The van der Waals surface area contributed by atoms with Gasteiger partial charge in [-0.05, 0) is 91.3 Å². The molecule has 8 nitrogen and oxygen atoms in total. The monoisotopic (exact) mass is 623 g/mol. The minimum absolute atomic E-state index is 0.00991. The third kappa shape index (κ3) is 6.93. The molecule has 2 heterocycles. The molecule has 2 amide bonds. The highest BCUT2D eigenvalue weighted by Gasteiger charge is 2.43. The largest absolute Gasteiger partial charge is 0.487 e. The third-order valence-corrected chi connectivity index (χ3v) is 9.86. The summed E-state index contributed by atoms with van der Waals surface area (Å²) in [6.45, 7) is 2.44. The number of aryl methyl sites for hydroxylation is 1. The lowest BCUT2D eigenvalue weighted by atomic mass is 9.70. The first-order valence-corrected chi connectivity index (χ1v) is 16.2. The fourth-order valence-corrected chi connectivity index (χ4v) is 6.97. The average Bonchev–Trinajstić information content (AvgIpc) is 3.02. The Kier molecular flexibility index (Phi) is 10.2. The van der Waals surface area contributed by atoms with Crippen LogP contribution in [0.5, 0.6) is 5.75 Å². The highest BCUT2D eigenvalue weighted by Crippen LogP contribution is 2.43. The Hall–Kier alpha value is -3.07. The number of hydrogen-bond donors (Lipinski definition) is 1. The number of aliphatic hydroxyl groups is 1. The molecule has 44 heavy (non-hydrogen) atoms. The number of rotatable bonds is 2. The van der Waals surface area contributed by atoms with E-state index in [2.05, 4.69) is 17.1 Å². The van der Waals surface area contributed by atoms with Crippen molar-refractivity contribution < 1.29 is 24.2 Å². The second kappa shape index (κ2) is 13.9. The average molecular weight is 624 g/mol. The van der Waals surface area contributed by atoms with E-state index in [0.29, 0.717) is 42.7 Å². The molecule has 0 unspecified atom stereocenters. The number of anilines is 1. The van der Waals surface area contributed by atoms with Gasteiger partial charge in [0.25, 0.3) is 5.91 Å². The van der Waals surface area contributed by atoms with Crippen molar-refractivity contribution in [3.8, 4) is 5.75 Å². The van der Waals surface area contributed by atoms with E-state index in [1.165, 1.54) is 10.5 Å². The standard InChI is InChI=1S/C35H46ClN3O5/c1-37(2)34(41)35(42)21-33(40)38(3)17-7-6-10-31(43-4)29-15-12-25(29)22-39-18-8-5-9-24-19-28(36)14-11-26(24)23-44-32-16-13-27(35)20-30(32)39/h6,10-11,13-14,16,19-20,25,29,31,42H,5,7-9,12,15,17-18,21-23H2,1-4H3/b10-6+/t25-,29+,31-,35+/m0/s1. The number of amides is 2. The molecule has 0 spiro atoms. The zero-order valence-electron chi connectivity index (χ0n) is 26.4. The Morgan fingerprint density at radius 2 is 1.93 bits per heavy atom. The van der Waals surface area contributed by atoms with Gasteiger partial charge in [-0.15, -0.1) is 0 Å². The number of halogens is 1. The lowest BCUT2D eigenvalue weighted by Crippen LogP contribution is -2.47. The smallest absolute Gasteiger partial charge is 0.259 e. The highest BCUT2D eigenvalue weighted by molar-refractivity contribution is 6.30. The van der Waals surface area contributed by atoms with Crippen LogP contribution in [0.4, 0.5) is 5.69 Å². The van der Waals surface area contributed by atoms with Crippen LogP contribution in [0.1, 0.15) is 55.2 Å². The Bertz CT molecular complexity index is 1380. The maximum absolute atomic E-state index is 13.6. The van der Waals surface area contributed by atoms with Gasteiger partial charge in [0.2, 0.25) is 5.91 Å². The van der Waals surface area contributed by atoms with Crippen LogP contribution in [-0.4, -0.2) is 80.7 Å². The van der Waals surface area contributed by atoms with Crippen LogP contribution in [0.15, 0.2) is 48.6 Å². The Balaban J connectivity index is 1.61. The Morgan fingerprint density at radius 1 is 1.11 bits per heavy atom. The third-order valence-electron chi connectivity index (χ3n) is 9.63. The lowest BCUT2D eigenvalue weighted by molar-refractivity contribution is -0.156. The van der Waals surface area contributed by atoms with Crippen LogP contribution >= 0.6 is 11.6 Å². The molecule has 1 aliphatic carbocycles. The van der Waals surface area contributed by atoms with Gasteiger partial charge < -0.3 is 29.3 Å². The molecule has 1 N–H and O–H groups in total. The molecule has 2 aromatic rings. The minimum Gasteiger partial charge on any atom is -0.487 e. The summed E-state index contributed by atoms with van der Waals surface area (Å²) >= 11 is 6.35. The van der Waals surface area contributed by atoms with E-state index in [4.69, 9.17) is 21.1 Å². The van der Waals surface area contributed by atoms with Gasteiger partial charge in [-0.2, -0.15) is 0 Å². The summed E-state index contributed by atoms with van der Waals surface area (Å²) in [5.74, 6) is 0.650. The molecular weight excluding hydrogens is 578 g/mol. The molecule has 0 saturated heterocycles. The van der Waals surface area contributed by atoms with Crippen molar-refractivity contribution in [3.63, 3.8) is 0 Å². The number of methoxy groups -OCH3 is 1. The van der Waals surface area contributed by atoms with Crippen molar-refractivity contribution in [1.82, 2.24) is 9.80 Å². The topological polar surface area (TPSA) is 82.5 Å². The number of fused-ring (bicyclic) bond motifs is 3. The van der Waals surface area contributed by atoms with E-state index >= 15 is 0 Å². The van der Waals surface area contributed by atoms with E-state index in [1.807, 2.05) is 30.3 Å². The molecule has 2 aromatic carbocycles. The second-order valence-electron chi connectivity index (χ2n) is 12.8. The summed E-state index contributed by atoms with van der Waals surface area (Å²) in [4.78, 5) is 32.3. The van der Waals surface area contributed by atoms with Gasteiger partial charge in [0.1, 0.15) is 12.4 Å². The summed E-state index contributed by atoms with van der Waals surface area (Å²) in [7, 11) is 6.69. The number of hydrogen-bond acceptors (Lipinski definition) is 6. The van der Waals surface area contributed by atoms with Crippen LogP contribution in [0.25, 0.3) is 0 Å². The normalized spacial score (nSPS) is 27.1. The molecule has 1 saturated carbocycles. The van der Waals surface area contributed by atoms with Gasteiger partial charge in [-0.3, -0.25) is 9.59 Å². The quantitative estimate of drug-likeness (QED) is 0.464. The summed E-state index contributed by atoms with van der Waals surface area (Å²) in [6.07, 6.45) is 9.58. The summed E-state index contributed by atoms with van der Waals surface area (Å²) in [5.41, 5.74) is 1.47. The second-order valence-corrected chi connectivity index (χ2v) is 13.2. The summed E-state index contributed by atoms with van der Waals surface area (Å²) in [6, 6.07) is 11.4. The predicted octanol–water partition coefficient (Wildman–Crippen LogP) is 5.19. The number of likely N-dealkylation sites (N-methyl/N-ethyl adjacent to an activating group) is 1. The van der Waals surface area contributed by atoms with Crippen molar-refractivity contribution in [2.24, 2.45) is 11.8 Å². The minimum atomic E-state index is -2.03. The molecule has 2 bridgehead atoms. The molecular formula is C35H46ClN3O5. The molecule has 5 rings (SSSR count). The zero-order valence-corrected chi connectivity index (χ0v) is 27.2. The van der Waals surface area contributed by atoms with Crippen molar-refractivity contribution in [3.05, 3.63) is 70.3 Å². The lowest BCUT2D eigenvalue weighted by Gasteiger charge is -2.44. The van der Waals surface area contributed by atoms with Gasteiger partial charge in [-0.25, -0.2) is 0 Å². The zero-order chi connectivity index (χ0) is 31.4. The van der Waals surface area contributed by atoms with E-state index in [0.717, 1.165) is 61.5 Å². The van der Waals surface area contributed by atoms with Crippen LogP contribution in [0.2, 0.25) is 5.02 Å². The van der Waals surface area contributed by atoms with E-state index < -0.39 is 11.5 Å². The highest BCUT2D eigenvalue weighted by atomic mass is 35.5. The molecule has 238 valence electrons. The van der Waals surface area contributed by atoms with Crippen molar-refractivity contribution in [2.45, 2.75) is 63.3 Å². The number of carbonyl (C=O) groups excluding carboxylic acids is 2. The van der Waals surface area contributed by atoms with Crippen LogP contribution in [0, 0.1) is 11.8 Å². The van der Waals surface area contributed by atoms with E-state index in [1.54, 1.807) is 39.2 Å². The van der Waals surface area contributed by atoms with E-state index in [9.17, 15) is 14.7 Å². The summed E-state index contributed by atoms with van der Waals surface area (Å²) in [5, 5.41) is 12.8. The summed E-state index contributed by atoms with van der Waals surface area (Å²) < 4.78 is 12.5. The van der Waals surface area contributed by atoms with Crippen molar-refractivity contribution >= 4 is 29.1 Å². The fourth-order valence-electron chi connectivity index (χ4n) is 6.78. The molecule has 1 fully saturated rings. The van der Waals surface area contributed by atoms with Crippen LogP contribution in [-0.2, 0) is 33.0 Å². The maximum Gasteiger partial charge on any atom is 0.259 e. The van der Waals surface area contributed by atoms with E-state index in [-0.39, 0.29) is 18.4 Å². The fraction of sp³-hybridized carbons (Fsp3) is 0.543. The van der Waals surface area contributed by atoms with Crippen molar-refractivity contribution in [2.75, 3.05) is 52.8 Å². The van der Waals surface area contributed by atoms with Gasteiger partial charge in [0, 0.05) is 52.9 Å². The Morgan fingerprint density at radius 3 is 2.66 bits per heavy atom. The number of nitrogens with zero attached hydrogens (tertiary/aromatic N) is 3. The first-order chi connectivity index (χ1) is 21.1. The first-order valence-electron chi connectivity index (χ1n) is 15.8. The molecule has 2 aliphatic heterocycles. The van der Waals surface area contributed by atoms with Gasteiger partial charge >= 0.3 is 0 Å². The van der Waals surface area contributed by atoms with Gasteiger partial charge in [0.05, 0.1) is 18.2 Å². The molecule has 0 radical (unpaired) electrons. The Labute approximate surface area is 266 Å². The number of ether oxygens (including phenoxy) is 2. The predicted molar refractivity (Wildman–Crippen MR) is 173 cm³/mol. The SMILES string of the molecule is CO[C@H]1/C=C/CCN(C)C(=O)C[C@](O)(C(=O)N(C)C)c2ccc3c(c2)N(CCCCc2cc(Cl)ccc2CO3)C[C@@H]2CC[C@H]21. The maximum atomic E-state index is 13.6. The van der Waals surface area contributed by atoms with Crippen molar-refractivity contribution in [1.29, 1.82) is 0 Å². The first kappa shape index (κ1) is 32.3. The number of carbonyl (C=O) groups is 2. The molecule has 3 aliphatic rings. The van der Waals surface area contributed by atoms with Gasteiger partial charge in [0.15, 0.2) is 5.60 Å². The van der Waals surface area contributed by atoms with Crippen LogP contribution in [0.3, 0.4) is 0 Å². The molecule has 4 atom stereocenters. The number of benzene rings is 2.